The highest BCUT2D eigenvalue weighted by molar-refractivity contribution is 5.45. The first-order valence-electron chi connectivity index (χ1n) is 7.87. The number of fused-ring (bicyclic) bond motifs is 1. The van der Waals surface area contributed by atoms with Gasteiger partial charge in [0, 0.05) is 18.8 Å². The predicted molar refractivity (Wildman–Crippen MR) is 83.6 cm³/mol. The standard InChI is InChI=1S/C16H24N4O/c1-4-16(5-2)11-13(7-9-21-16)17-15-18-14-10-12(3)6-8-20(14)19-15/h6,8,10,13H,4-5,7,9,11H2,1-3H3,(H,17,19). The molecule has 3 rings (SSSR count). The zero-order valence-corrected chi connectivity index (χ0v) is 13.1. The van der Waals surface area contributed by atoms with Gasteiger partial charge in [-0.15, -0.1) is 5.10 Å². The van der Waals surface area contributed by atoms with Gasteiger partial charge in [-0.2, -0.15) is 4.98 Å². The Morgan fingerprint density at radius 3 is 3.00 bits per heavy atom. The van der Waals surface area contributed by atoms with Crippen molar-refractivity contribution in [2.45, 2.75) is 58.1 Å². The SMILES string of the molecule is CCC1(CC)CC(Nc2nc3cc(C)ccn3n2)CCO1. The van der Waals surface area contributed by atoms with Crippen LogP contribution in [0.5, 0.6) is 0 Å². The summed E-state index contributed by atoms with van der Waals surface area (Å²) < 4.78 is 7.84. The van der Waals surface area contributed by atoms with E-state index in [2.05, 4.69) is 36.2 Å². The van der Waals surface area contributed by atoms with Crippen LogP contribution in [0.2, 0.25) is 0 Å². The molecule has 1 atom stereocenters. The summed E-state index contributed by atoms with van der Waals surface area (Å²) in [5.74, 6) is 0.716. The van der Waals surface area contributed by atoms with Crippen molar-refractivity contribution in [2.24, 2.45) is 0 Å². The molecule has 1 fully saturated rings. The van der Waals surface area contributed by atoms with Gasteiger partial charge in [0.1, 0.15) is 0 Å². The van der Waals surface area contributed by atoms with Crippen molar-refractivity contribution < 1.29 is 4.74 Å². The fourth-order valence-corrected chi connectivity index (χ4v) is 3.12. The average molecular weight is 288 g/mol. The molecule has 0 aromatic carbocycles. The van der Waals surface area contributed by atoms with Gasteiger partial charge in [-0.25, -0.2) is 4.52 Å². The van der Waals surface area contributed by atoms with Gasteiger partial charge < -0.3 is 10.1 Å². The van der Waals surface area contributed by atoms with E-state index in [1.165, 1.54) is 5.56 Å². The molecule has 0 radical (unpaired) electrons. The van der Waals surface area contributed by atoms with Crippen LogP contribution in [0.25, 0.3) is 5.65 Å². The number of hydrogen-bond acceptors (Lipinski definition) is 4. The molecule has 1 aliphatic rings. The van der Waals surface area contributed by atoms with Gasteiger partial charge in [0.05, 0.1) is 5.60 Å². The fraction of sp³-hybridized carbons (Fsp3) is 0.625. The maximum Gasteiger partial charge on any atom is 0.243 e. The van der Waals surface area contributed by atoms with Crippen LogP contribution in [0.4, 0.5) is 5.95 Å². The third-order valence-corrected chi connectivity index (χ3v) is 4.61. The number of rotatable bonds is 4. The Kier molecular flexibility index (Phi) is 3.85. The first-order valence-corrected chi connectivity index (χ1v) is 7.87. The van der Waals surface area contributed by atoms with E-state index in [0.717, 1.165) is 37.9 Å². The smallest absolute Gasteiger partial charge is 0.243 e. The van der Waals surface area contributed by atoms with E-state index >= 15 is 0 Å². The highest BCUT2D eigenvalue weighted by atomic mass is 16.5. The normalized spacial score (nSPS) is 21.6. The van der Waals surface area contributed by atoms with Gasteiger partial charge in [-0.3, -0.25) is 0 Å². The summed E-state index contributed by atoms with van der Waals surface area (Å²) in [7, 11) is 0. The van der Waals surface area contributed by atoms with Crippen molar-refractivity contribution in [1.29, 1.82) is 0 Å². The quantitative estimate of drug-likeness (QED) is 0.938. The van der Waals surface area contributed by atoms with E-state index in [0.29, 0.717) is 12.0 Å². The van der Waals surface area contributed by atoms with Crippen molar-refractivity contribution in [2.75, 3.05) is 11.9 Å². The molecular formula is C16H24N4O. The second-order valence-corrected chi connectivity index (χ2v) is 6.01. The lowest BCUT2D eigenvalue weighted by Crippen LogP contribution is -2.43. The molecule has 21 heavy (non-hydrogen) atoms. The molecule has 0 amide bonds. The monoisotopic (exact) mass is 288 g/mol. The van der Waals surface area contributed by atoms with Crippen molar-refractivity contribution in [3.05, 3.63) is 23.9 Å². The van der Waals surface area contributed by atoms with Crippen LogP contribution < -0.4 is 5.32 Å². The molecule has 2 aromatic heterocycles. The van der Waals surface area contributed by atoms with E-state index in [1.54, 1.807) is 0 Å². The largest absolute Gasteiger partial charge is 0.375 e. The summed E-state index contributed by atoms with van der Waals surface area (Å²) in [6.45, 7) is 7.29. The van der Waals surface area contributed by atoms with Gasteiger partial charge in [0.15, 0.2) is 5.65 Å². The van der Waals surface area contributed by atoms with Gasteiger partial charge >= 0.3 is 0 Å². The number of aromatic nitrogens is 3. The van der Waals surface area contributed by atoms with Crippen molar-refractivity contribution in [1.82, 2.24) is 14.6 Å². The van der Waals surface area contributed by atoms with Crippen LogP contribution in [0.1, 0.15) is 45.1 Å². The van der Waals surface area contributed by atoms with Crippen molar-refractivity contribution >= 4 is 11.6 Å². The minimum atomic E-state index is 0.0195. The molecule has 0 aliphatic carbocycles. The van der Waals surface area contributed by atoms with E-state index < -0.39 is 0 Å². The molecule has 5 nitrogen and oxygen atoms in total. The number of ether oxygens (including phenoxy) is 1. The third-order valence-electron chi connectivity index (χ3n) is 4.61. The molecular weight excluding hydrogens is 264 g/mol. The molecule has 1 unspecified atom stereocenters. The zero-order valence-electron chi connectivity index (χ0n) is 13.1. The molecule has 1 N–H and O–H groups in total. The molecule has 1 aliphatic heterocycles. The Labute approximate surface area is 125 Å². The maximum absolute atomic E-state index is 6.02. The zero-order chi connectivity index (χ0) is 14.9. The average Bonchev–Trinajstić information content (AvgIpc) is 2.88. The van der Waals surface area contributed by atoms with E-state index in [-0.39, 0.29) is 5.60 Å². The van der Waals surface area contributed by atoms with Crippen LogP contribution in [0.3, 0.4) is 0 Å². The molecule has 0 spiro atoms. The molecule has 0 saturated carbocycles. The number of pyridine rings is 1. The van der Waals surface area contributed by atoms with Crippen molar-refractivity contribution in [3.8, 4) is 0 Å². The summed E-state index contributed by atoms with van der Waals surface area (Å²) in [5, 5.41) is 7.99. The second kappa shape index (κ2) is 5.64. The molecule has 2 aromatic rings. The lowest BCUT2D eigenvalue weighted by atomic mass is 9.86. The van der Waals surface area contributed by atoms with E-state index in [4.69, 9.17) is 4.74 Å². The highest BCUT2D eigenvalue weighted by Crippen LogP contribution is 2.32. The van der Waals surface area contributed by atoms with Crippen LogP contribution in [-0.4, -0.2) is 32.8 Å². The van der Waals surface area contributed by atoms with Crippen LogP contribution in [0, 0.1) is 6.92 Å². The Bertz CT molecular complexity index is 618. The molecule has 3 heterocycles. The van der Waals surface area contributed by atoms with Crippen LogP contribution >= 0.6 is 0 Å². The summed E-state index contributed by atoms with van der Waals surface area (Å²) in [6.07, 6.45) is 6.10. The van der Waals surface area contributed by atoms with Crippen LogP contribution in [0.15, 0.2) is 18.3 Å². The Balaban J connectivity index is 1.75. The second-order valence-electron chi connectivity index (χ2n) is 6.01. The van der Waals surface area contributed by atoms with Crippen LogP contribution in [-0.2, 0) is 4.74 Å². The minimum absolute atomic E-state index is 0.0195. The van der Waals surface area contributed by atoms with Gasteiger partial charge in [-0.1, -0.05) is 13.8 Å². The predicted octanol–water partition coefficient (Wildman–Crippen LogP) is 3.19. The Morgan fingerprint density at radius 1 is 1.43 bits per heavy atom. The molecule has 5 heteroatoms. The first kappa shape index (κ1) is 14.3. The first-order chi connectivity index (χ1) is 10.1. The van der Waals surface area contributed by atoms with Gasteiger partial charge in [0.2, 0.25) is 5.95 Å². The summed E-state index contributed by atoms with van der Waals surface area (Å²) in [6, 6.07) is 4.47. The lowest BCUT2D eigenvalue weighted by Gasteiger charge is -2.40. The van der Waals surface area contributed by atoms with E-state index in [9.17, 15) is 0 Å². The number of hydrogen-bond donors (Lipinski definition) is 1. The van der Waals surface area contributed by atoms with Crippen molar-refractivity contribution in [3.63, 3.8) is 0 Å². The maximum atomic E-state index is 6.02. The minimum Gasteiger partial charge on any atom is -0.375 e. The summed E-state index contributed by atoms with van der Waals surface area (Å²) in [4.78, 5) is 4.57. The Hall–Kier alpha value is -1.62. The van der Waals surface area contributed by atoms with Gasteiger partial charge in [0.25, 0.3) is 0 Å². The fourth-order valence-electron chi connectivity index (χ4n) is 3.12. The highest BCUT2D eigenvalue weighted by Gasteiger charge is 2.34. The third kappa shape index (κ3) is 2.88. The molecule has 0 bridgehead atoms. The Morgan fingerprint density at radius 2 is 2.24 bits per heavy atom. The summed E-state index contributed by atoms with van der Waals surface area (Å²) >= 11 is 0. The topological polar surface area (TPSA) is 51.5 Å². The number of nitrogens with zero attached hydrogens (tertiary/aromatic N) is 3. The number of anilines is 1. The van der Waals surface area contributed by atoms with E-state index in [1.807, 2.05) is 22.8 Å². The summed E-state index contributed by atoms with van der Waals surface area (Å²) in [5.41, 5.74) is 2.11. The lowest BCUT2D eigenvalue weighted by molar-refractivity contribution is -0.0865. The number of aryl methyl sites for hydroxylation is 1. The molecule has 114 valence electrons. The van der Waals surface area contributed by atoms with Gasteiger partial charge in [-0.05, 0) is 50.3 Å². The molecule has 1 saturated heterocycles. The number of nitrogens with one attached hydrogen (secondary N) is 1.